The number of rotatable bonds is 4. The SMILES string of the molecule is Cc1ccc(NC(=O)Nc2ccccc2)cc1NC(=O)c1c(C)nn2cccnc12. The van der Waals surface area contributed by atoms with E-state index in [9.17, 15) is 9.59 Å². The van der Waals surface area contributed by atoms with E-state index in [1.165, 1.54) is 0 Å². The fraction of sp³-hybridized carbons (Fsp3) is 0.0909. The molecule has 4 rings (SSSR count). The number of benzene rings is 2. The first-order valence-corrected chi connectivity index (χ1v) is 9.36. The van der Waals surface area contributed by atoms with Gasteiger partial charge in [0, 0.05) is 29.5 Å². The van der Waals surface area contributed by atoms with Gasteiger partial charge in [-0.1, -0.05) is 24.3 Å². The van der Waals surface area contributed by atoms with Gasteiger partial charge in [0.05, 0.1) is 5.69 Å². The molecular weight excluding hydrogens is 380 g/mol. The molecule has 3 amide bonds. The van der Waals surface area contributed by atoms with E-state index in [1.807, 2.05) is 31.2 Å². The van der Waals surface area contributed by atoms with Crippen molar-refractivity contribution in [2.24, 2.45) is 0 Å². The Kier molecular flexibility index (Phi) is 5.13. The molecule has 4 aromatic rings. The van der Waals surface area contributed by atoms with Crippen molar-refractivity contribution in [2.45, 2.75) is 13.8 Å². The van der Waals surface area contributed by atoms with Crippen LogP contribution in [0.15, 0.2) is 67.0 Å². The number of aryl methyl sites for hydroxylation is 2. The number of para-hydroxylation sites is 1. The lowest BCUT2D eigenvalue weighted by Crippen LogP contribution is -2.20. The summed E-state index contributed by atoms with van der Waals surface area (Å²) in [6, 6.07) is 15.8. The summed E-state index contributed by atoms with van der Waals surface area (Å²) in [4.78, 5) is 29.4. The van der Waals surface area contributed by atoms with Gasteiger partial charge in [-0.2, -0.15) is 5.10 Å². The van der Waals surface area contributed by atoms with Crippen LogP contribution in [0.2, 0.25) is 0 Å². The largest absolute Gasteiger partial charge is 0.323 e. The fourth-order valence-electron chi connectivity index (χ4n) is 3.10. The van der Waals surface area contributed by atoms with Gasteiger partial charge in [0.1, 0.15) is 5.56 Å². The highest BCUT2D eigenvalue weighted by Crippen LogP contribution is 2.23. The quantitative estimate of drug-likeness (QED) is 0.477. The molecule has 0 saturated heterocycles. The zero-order chi connectivity index (χ0) is 21.1. The second kappa shape index (κ2) is 8.04. The topological polar surface area (TPSA) is 100 Å². The first-order chi connectivity index (χ1) is 14.5. The third-order valence-corrected chi connectivity index (χ3v) is 4.57. The van der Waals surface area contributed by atoms with Crippen molar-refractivity contribution in [2.75, 3.05) is 16.0 Å². The predicted octanol–water partition coefficient (Wildman–Crippen LogP) is 4.24. The van der Waals surface area contributed by atoms with Crippen LogP contribution in [0.3, 0.4) is 0 Å². The highest BCUT2D eigenvalue weighted by molar-refractivity contribution is 6.10. The average molecular weight is 400 g/mol. The van der Waals surface area contributed by atoms with Crippen LogP contribution in [0.5, 0.6) is 0 Å². The summed E-state index contributed by atoms with van der Waals surface area (Å²) in [5.41, 5.74) is 4.18. The van der Waals surface area contributed by atoms with E-state index in [4.69, 9.17) is 0 Å². The summed E-state index contributed by atoms with van der Waals surface area (Å²) in [7, 11) is 0. The minimum atomic E-state index is -0.370. The van der Waals surface area contributed by atoms with Crippen molar-refractivity contribution in [3.05, 3.63) is 83.8 Å². The van der Waals surface area contributed by atoms with Gasteiger partial charge in [-0.25, -0.2) is 14.3 Å². The van der Waals surface area contributed by atoms with E-state index in [0.29, 0.717) is 34.0 Å². The number of aromatic nitrogens is 3. The van der Waals surface area contributed by atoms with E-state index in [-0.39, 0.29) is 11.9 Å². The van der Waals surface area contributed by atoms with Crippen molar-refractivity contribution >= 4 is 34.6 Å². The molecule has 0 aliphatic carbocycles. The minimum Gasteiger partial charge on any atom is -0.321 e. The van der Waals surface area contributed by atoms with Gasteiger partial charge in [-0.15, -0.1) is 0 Å². The lowest BCUT2D eigenvalue weighted by Gasteiger charge is -2.12. The molecule has 2 aromatic carbocycles. The fourth-order valence-corrected chi connectivity index (χ4v) is 3.10. The molecule has 0 aliphatic rings. The molecule has 0 fully saturated rings. The molecule has 3 N–H and O–H groups in total. The lowest BCUT2D eigenvalue weighted by atomic mass is 10.1. The van der Waals surface area contributed by atoms with E-state index < -0.39 is 0 Å². The molecule has 0 radical (unpaired) electrons. The molecule has 0 atom stereocenters. The van der Waals surface area contributed by atoms with Crippen molar-refractivity contribution < 1.29 is 9.59 Å². The number of fused-ring (bicyclic) bond motifs is 1. The Bertz CT molecular complexity index is 1230. The minimum absolute atomic E-state index is 0.310. The van der Waals surface area contributed by atoms with E-state index in [2.05, 4.69) is 26.0 Å². The summed E-state index contributed by atoms with van der Waals surface area (Å²) < 4.78 is 1.57. The second-order valence-corrected chi connectivity index (χ2v) is 6.78. The smallest absolute Gasteiger partial charge is 0.321 e. The number of hydrogen-bond donors (Lipinski definition) is 3. The Balaban J connectivity index is 1.52. The van der Waals surface area contributed by atoms with E-state index >= 15 is 0 Å². The Morgan fingerprint density at radius 1 is 0.900 bits per heavy atom. The number of urea groups is 1. The molecule has 8 heteroatoms. The zero-order valence-corrected chi connectivity index (χ0v) is 16.5. The van der Waals surface area contributed by atoms with Gasteiger partial charge in [0.25, 0.3) is 5.91 Å². The summed E-state index contributed by atoms with van der Waals surface area (Å²) in [6.07, 6.45) is 3.36. The number of carbonyl (C=O) groups excluding carboxylic acids is 2. The number of carbonyl (C=O) groups is 2. The number of anilines is 3. The van der Waals surface area contributed by atoms with Crippen LogP contribution >= 0.6 is 0 Å². The third-order valence-electron chi connectivity index (χ3n) is 4.57. The predicted molar refractivity (Wildman–Crippen MR) is 116 cm³/mol. The zero-order valence-electron chi connectivity index (χ0n) is 16.5. The number of amides is 3. The molecule has 0 saturated carbocycles. The number of nitrogens with zero attached hydrogens (tertiary/aromatic N) is 3. The van der Waals surface area contributed by atoms with Gasteiger partial charge in [-0.3, -0.25) is 4.79 Å². The van der Waals surface area contributed by atoms with Crippen LogP contribution in [0.25, 0.3) is 5.65 Å². The number of hydrogen-bond acceptors (Lipinski definition) is 4. The maximum absolute atomic E-state index is 12.9. The van der Waals surface area contributed by atoms with Crippen LogP contribution in [0.1, 0.15) is 21.6 Å². The van der Waals surface area contributed by atoms with Crippen molar-refractivity contribution in [1.29, 1.82) is 0 Å². The molecular formula is C22H20N6O2. The standard InChI is InChI=1S/C22H20N6O2/c1-14-9-10-17(25-22(30)24-16-7-4-3-5-8-16)13-18(14)26-21(29)19-15(2)27-28-12-6-11-23-20(19)28/h3-13H,1-2H3,(H,26,29)(H2,24,25,30). The van der Waals surface area contributed by atoms with E-state index in [1.54, 1.807) is 54.2 Å². The molecule has 0 spiro atoms. The summed E-state index contributed by atoms with van der Waals surface area (Å²) in [6.45, 7) is 3.65. The van der Waals surface area contributed by atoms with Gasteiger partial charge >= 0.3 is 6.03 Å². The number of nitrogens with one attached hydrogen (secondary N) is 3. The average Bonchev–Trinajstić information content (AvgIpc) is 3.07. The Labute approximate surface area is 173 Å². The lowest BCUT2D eigenvalue weighted by molar-refractivity contribution is 0.102. The molecule has 0 aliphatic heterocycles. The monoisotopic (exact) mass is 400 g/mol. The highest BCUT2D eigenvalue weighted by atomic mass is 16.2. The van der Waals surface area contributed by atoms with Crippen LogP contribution in [-0.2, 0) is 0 Å². The molecule has 8 nitrogen and oxygen atoms in total. The first kappa shape index (κ1) is 19.1. The Hall–Kier alpha value is -4.20. The van der Waals surface area contributed by atoms with Crippen LogP contribution in [0.4, 0.5) is 21.9 Å². The van der Waals surface area contributed by atoms with Gasteiger partial charge in [0.2, 0.25) is 0 Å². The highest BCUT2D eigenvalue weighted by Gasteiger charge is 2.19. The maximum Gasteiger partial charge on any atom is 0.323 e. The van der Waals surface area contributed by atoms with Crippen molar-refractivity contribution in [3.8, 4) is 0 Å². The Morgan fingerprint density at radius 2 is 1.67 bits per heavy atom. The summed E-state index contributed by atoms with van der Waals surface area (Å²) in [5.74, 6) is -0.310. The normalized spacial score (nSPS) is 10.6. The molecule has 0 bridgehead atoms. The van der Waals surface area contributed by atoms with Gasteiger partial charge in [0.15, 0.2) is 5.65 Å². The van der Waals surface area contributed by atoms with Gasteiger partial charge in [-0.05, 0) is 49.7 Å². The Morgan fingerprint density at radius 3 is 2.47 bits per heavy atom. The van der Waals surface area contributed by atoms with Crippen LogP contribution < -0.4 is 16.0 Å². The molecule has 0 unspecified atom stereocenters. The third kappa shape index (κ3) is 3.97. The van der Waals surface area contributed by atoms with Crippen LogP contribution in [0, 0.1) is 13.8 Å². The van der Waals surface area contributed by atoms with Crippen molar-refractivity contribution in [1.82, 2.24) is 14.6 Å². The second-order valence-electron chi connectivity index (χ2n) is 6.78. The molecule has 2 heterocycles. The van der Waals surface area contributed by atoms with Gasteiger partial charge < -0.3 is 16.0 Å². The molecule has 30 heavy (non-hydrogen) atoms. The molecule has 2 aromatic heterocycles. The maximum atomic E-state index is 12.9. The van der Waals surface area contributed by atoms with E-state index in [0.717, 1.165) is 5.56 Å². The molecule has 150 valence electrons. The summed E-state index contributed by atoms with van der Waals surface area (Å²) in [5, 5.41) is 12.8. The first-order valence-electron chi connectivity index (χ1n) is 9.36. The van der Waals surface area contributed by atoms with Crippen LogP contribution in [-0.4, -0.2) is 26.5 Å². The summed E-state index contributed by atoms with van der Waals surface area (Å²) >= 11 is 0. The van der Waals surface area contributed by atoms with Crippen molar-refractivity contribution in [3.63, 3.8) is 0 Å².